The van der Waals surface area contributed by atoms with E-state index in [0.29, 0.717) is 0 Å². The molecule has 0 saturated heterocycles. The van der Waals surface area contributed by atoms with Crippen molar-refractivity contribution < 1.29 is 0 Å². The number of thiophene rings is 1. The Bertz CT molecular complexity index is 2760. The first kappa shape index (κ1) is 27.9. The van der Waals surface area contributed by atoms with E-state index in [1.54, 1.807) is 0 Å². The molecule has 2 aromatic heterocycles. The van der Waals surface area contributed by atoms with Gasteiger partial charge >= 0.3 is 0 Å². The lowest BCUT2D eigenvalue weighted by Crippen LogP contribution is -2.09. The third kappa shape index (κ3) is 4.55. The van der Waals surface area contributed by atoms with Crippen molar-refractivity contribution >= 4 is 81.0 Å². The number of nitrogens with zero attached hydrogens (tertiary/aromatic N) is 2. The molecule has 0 aliphatic rings. The van der Waals surface area contributed by atoms with Gasteiger partial charge in [0.25, 0.3) is 0 Å². The summed E-state index contributed by atoms with van der Waals surface area (Å²) in [4.78, 5) is 2.32. The van der Waals surface area contributed by atoms with Gasteiger partial charge in [-0.1, -0.05) is 97.1 Å². The molecule has 0 radical (unpaired) electrons. The van der Waals surface area contributed by atoms with Gasteiger partial charge in [-0.15, -0.1) is 11.3 Å². The molecule has 0 amide bonds. The molecule has 10 aromatic rings. The van der Waals surface area contributed by atoms with Crippen LogP contribution in [0.4, 0.5) is 17.1 Å². The average Bonchev–Trinajstić information content (AvgIpc) is 3.76. The molecule has 10 rings (SSSR count). The van der Waals surface area contributed by atoms with E-state index in [2.05, 4.69) is 192 Å². The standard InChI is InChI=1S/C46H30N2S/c1-4-12-34(13-5-1)47-27-26-32-28-33-29-41(31-20-22-37(23-21-31)48(35-14-6-2-7-15-35)36-16-8-3-9-17-36)39-24-25-40-38-18-10-11-19-44(38)49-46(40)45(39)42(33)30-43(32)47/h1-30H. The maximum Gasteiger partial charge on any atom is 0.0535 e. The Labute approximate surface area is 288 Å². The molecule has 0 bridgehead atoms. The Hall–Kier alpha value is -6.16. The number of rotatable bonds is 5. The summed E-state index contributed by atoms with van der Waals surface area (Å²) in [7, 11) is 0. The minimum absolute atomic E-state index is 1.13. The highest BCUT2D eigenvalue weighted by Crippen LogP contribution is 2.45. The van der Waals surface area contributed by atoms with E-state index in [4.69, 9.17) is 0 Å². The van der Waals surface area contributed by atoms with Crippen LogP contribution < -0.4 is 4.90 Å². The summed E-state index contributed by atoms with van der Waals surface area (Å²) in [6, 6.07) is 63.8. The van der Waals surface area contributed by atoms with Gasteiger partial charge in [0.05, 0.1) is 5.52 Å². The van der Waals surface area contributed by atoms with Gasteiger partial charge < -0.3 is 9.47 Å². The fraction of sp³-hybridized carbons (Fsp3) is 0. The summed E-state index contributed by atoms with van der Waals surface area (Å²) in [6.07, 6.45) is 2.20. The van der Waals surface area contributed by atoms with Crippen LogP contribution in [-0.2, 0) is 0 Å². The molecule has 0 spiro atoms. The third-order valence-corrected chi connectivity index (χ3v) is 11.0. The predicted octanol–water partition coefficient (Wildman–Crippen LogP) is 13.4. The zero-order valence-corrected chi connectivity index (χ0v) is 27.4. The SMILES string of the molecule is c1ccc(N(c2ccccc2)c2ccc(-c3cc4cc5ccn(-c6ccccc6)c5cc4c4c3ccc3c5ccccc5sc34)cc2)cc1. The van der Waals surface area contributed by atoms with E-state index in [1.807, 2.05) is 11.3 Å². The quantitative estimate of drug-likeness (QED) is 0.170. The summed E-state index contributed by atoms with van der Waals surface area (Å²) in [6.45, 7) is 0. The highest BCUT2D eigenvalue weighted by Gasteiger charge is 2.18. The Morgan fingerprint density at radius 3 is 1.82 bits per heavy atom. The first-order valence-corrected chi connectivity index (χ1v) is 17.5. The lowest BCUT2D eigenvalue weighted by atomic mass is 9.91. The largest absolute Gasteiger partial charge is 0.317 e. The van der Waals surface area contributed by atoms with Crippen molar-refractivity contribution in [3.8, 4) is 16.8 Å². The van der Waals surface area contributed by atoms with Crippen molar-refractivity contribution in [2.24, 2.45) is 0 Å². The van der Waals surface area contributed by atoms with Crippen molar-refractivity contribution in [2.45, 2.75) is 0 Å². The van der Waals surface area contributed by atoms with Crippen LogP contribution in [0.2, 0.25) is 0 Å². The second-order valence-electron chi connectivity index (χ2n) is 12.6. The van der Waals surface area contributed by atoms with E-state index in [9.17, 15) is 0 Å². The Balaban J connectivity index is 1.21. The van der Waals surface area contributed by atoms with E-state index >= 15 is 0 Å². The number of benzene rings is 8. The molecule has 0 unspecified atom stereocenters. The third-order valence-electron chi connectivity index (χ3n) is 9.77. The molecule has 0 aliphatic carbocycles. The number of fused-ring (bicyclic) bond motifs is 8. The summed E-state index contributed by atoms with van der Waals surface area (Å²) < 4.78 is 4.98. The van der Waals surface area contributed by atoms with Crippen LogP contribution in [0.25, 0.3) is 69.4 Å². The van der Waals surface area contributed by atoms with Crippen molar-refractivity contribution in [1.82, 2.24) is 4.57 Å². The maximum absolute atomic E-state index is 2.41. The van der Waals surface area contributed by atoms with Crippen LogP contribution in [0.5, 0.6) is 0 Å². The molecule has 0 aliphatic heterocycles. The Kier molecular flexibility index (Phi) is 6.39. The van der Waals surface area contributed by atoms with Gasteiger partial charge in [-0.2, -0.15) is 0 Å². The Morgan fingerprint density at radius 1 is 0.449 bits per heavy atom. The molecular weight excluding hydrogens is 613 g/mol. The average molecular weight is 643 g/mol. The molecule has 2 nitrogen and oxygen atoms in total. The zero-order chi connectivity index (χ0) is 32.3. The normalized spacial score (nSPS) is 11.7. The minimum atomic E-state index is 1.13. The molecule has 2 heterocycles. The second kappa shape index (κ2) is 11.2. The van der Waals surface area contributed by atoms with Crippen molar-refractivity contribution in [2.75, 3.05) is 4.90 Å². The van der Waals surface area contributed by atoms with Crippen LogP contribution >= 0.6 is 11.3 Å². The Morgan fingerprint density at radius 2 is 1.08 bits per heavy atom. The van der Waals surface area contributed by atoms with Gasteiger partial charge in [0.1, 0.15) is 0 Å². The minimum Gasteiger partial charge on any atom is -0.317 e. The van der Waals surface area contributed by atoms with Gasteiger partial charge in [0.15, 0.2) is 0 Å². The lowest BCUT2D eigenvalue weighted by Gasteiger charge is -2.25. The molecule has 8 aromatic carbocycles. The molecule has 3 heteroatoms. The number of para-hydroxylation sites is 3. The van der Waals surface area contributed by atoms with Crippen LogP contribution in [0, 0.1) is 0 Å². The zero-order valence-electron chi connectivity index (χ0n) is 26.6. The van der Waals surface area contributed by atoms with Crippen molar-refractivity contribution in [3.63, 3.8) is 0 Å². The second-order valence-corrected chi connectivity index (χ2v) is 13.6. The van der Waals surface area contributed by atoms with Crippen molar-refractivity contribution in [1.29, 1.82) is 0 Å². The van der Waals surface area contributed by atoms with E-state index in [0.717, 1.165) is 17.1 Å². The molecule has 230 valence electrons. The van der Waals surface area contributed by atoms with Gasteiger partial charge in [-0.05, 0) is 106 Å². The molecule has 49 heavy (non-hydrogen) atoms. The first-order chi connectivity index (χ1) is 24.3. The molecule has 0 atom stereocenters. The van der Waals surface area contributed by atoms with Gasteiger partial charge in [0.2, 0.25) is 0 Å². The maximum atomic E-state index is 2.41. The van der Waals surface area contributed by atoms with Crippen LogP contribution in [0.1, 0.15) is 0 Å². The highest BCUT2D eigenvalue weighted by atomic mass is 32.1. The first-order valence-electron chi connectivity index (χ1n) is 16.7. The monoisotopic (exact) mass is 642 g/mol. The van der Waals surface area contributed by atoms with Crippen LogP contribution in [0.15, 0.2) is 182 Å². The van der Waals surface area contributed by atoms with Gasteiger partial charge in [-0.25, -0.2) is 0 Å². The fourth-order valence-corrected chi connectivity index (χ4v) is 8.76. The number of aromatic nitrogens is 1. The summed E-state index contributed by atoms with van der Waals surface area (Å²) >= 11 is 1.91. The molecular formula is C46H30N2S. The van der Waals surface area contributed by atoms with Gasteiger partial charge in [0, 0.05) is 59.9 Å². The predicted molar refractivity (Wildman–Crippen MR) is 211 cm³/mol. The van der Waals surface area contributed by atoms with E-state index < -0.39 is 0 Å². The smallest absolute Gasteiger partial charge is 0.0535 e. The highest BCUT2D eigenvalue weighted by molar-refractivity contribution is 7.26. The lowest BCUT2D eigenvalue weighted by molar-refractivity contribution is 1.13. The van der Waals surface area contributed by atoms with Crippen LogP contribution in [0.3, 0.4) is 0 Å². The number of hydrogen-bond acceptors (Lipinski definition) is 2. The number of anilines is 3. The van der Waals surface area contributed by atoms with Gasteiger partial charge in [-0.3, -0.25) is 0 Å². The molecule has 0 fully saturated rings. The molecule has 0 N–H and O–H groups in total. The van der Waals surface area contributed by atoms with E-state index in [1.165, 1.54) is 69.4 Å². The summed E-state index contributed by atoms with van der Waals surface area (Å²) in [5.41, 5.74) is 8.25. The summed E-state index contributed by atoms with van der Waals surface area (Å²) in [5.74, 6) is 0. The van der Waals surface area contributed by atoms with Crippen molar-refractivity contribution in [3.05, 3.63) is 182 Å². The number of hydrogen-bond donors (Lipinski definition) is 0. The fourth-order valence-electron chi connectivity index (χ4n) is 7.49. The summed E-state index contributed by atoms with van der Waals surface area (Å²) in [5, 5.41) is 9.03. The van der Waals surface area contributed by atoms with Crippen LogP contribution in [-0.4, -0.2) is 4.57 Å². The topological polar surface area (TPSA) is 8.17 Å². The molecule has 0 saturated carbocycles. The van der Waals surface area contributed by atoms with E-state index in [-0.39, 0.29) is 0 Å².